The van der Waals surface area contributed by atoms with E-state index in [4.69, 9.17) is 9.47 Å². The van der Waals surface area contributed by atoms with Crippen LogP contribution in [0.3, 0.4) is 0 Å². The number of amides is 3. The second-order valence-electron chi connectivity index (χ2n) is 10.5. The van der Waals surface area contributed by atoms with Crippen LogP contribution in [0.5, 0.6) is 11.5 Å². The lowest BCUT2D eigenvalue weighted by Gasteiger charge is -2.29. The van der Waals surface area contributed by atoms with Gasteiger partial charge in [0, 0.05) is 18.0 Å². The van der Waals surface area contributed by atoms with E-state index in [1.165, 1.54) is 4.90 Å². The summed E-state index contributed by atoms with van der Waals surface area (Å²) in [6, 6.07) is 30.7. The van der Waals surface area contributed by atoms with Gasteiger partial charge in [0.05, 0.1) is 26.2 Å². The van der Waals surface area contributed by atoms with Crippen molar-refractivity contribution in [2.24, 2.45) is 5.92 Å². The molecular weight excluding hydrogens is 528 g/mol. The molecule has 7 nitrogen and oxygen atoms in total. The van der Waals surface area contributed by atoms with Gasteiger partial charge in [-0.2, -0.15) is 0 Å². The van der Waals surface area contributed by atoms with Crippen LogP contribution >= 0.6 is 0 Å². The van der Waals surface area contributed by atoms with Crippen LogP contribution in [0.4, 0.5) is 4.79 Å². The maximum atomic E-state index is 14.5. The number of carbonyl (C=O) groups excluding carboxylic acids is 3. The molecule has 0 N–H and O–H groups in total. The Morgan fingerprint density at radius 2 is 1.31 bits per heavy atom. The monoisotopic (exact) mass is 560 g/mol. The lowest BCUT2D eigenvalue weighted by Crippen LogP contribution is -2.38. The average molecular weight is 561 g/mol. The molecule has 6 rings (SSSR count). The number of methoxy groups -OCH3 is 2. The zero-order chi connectivity index (χ0) is 29.4. The third-order valence-electron chi connectivity index (χ3n) is 8.47. The molecule has 0 saturated carbocycles. The topological polar surface area (TPSA) is 76.2 Å². The Labute approximate surface area is 245 Å². The second-order valence-corrected chi connectivity index (χ2v) is 10.5. The van der Waals surface area contributed by atoms with E-state index >= 15 is 0 Å². The number of fused-ring (bicyclic) bond motifs is 1. The number of benzene rings is 4. The molecule has 0 radical (unpaired) electrons. The van der Waals surface area contributed by atoms with Crippen molar-refractivity contribution in [3.05, 3.63) is 120 Å². The number of imide groups is 1. The van der Waals surface area contributed by atoms with Crippen molar-refractivity contribution >= 4 is 17.7 Å². The van der Waals surface area contributed by atoms with Gasteiger partial charge in [0.1, 0.15) is 6.04 Å². The second kappa shape index (κ2) is 11.2. The molecule has 4 aromatic carbocycles. The van der Waals surface area contributed by atoms with Crippen LogP contribution in [0, 0.1) is 5.92 Å². The van der Waals surface area contributed by atoms with Crippen molar-refractivity contribution in [2.45, 2.75) is 24.9 Å². The maximum Gasteiger partial charge on any atom is 0.327 e. The molecule has 2 fully saturated rings. The van der Waals surface area contributed by atoms with Gasteiger partial charge < -0.3 is 14.4 Å². The summed E-state index contributed by atoms with van der Waals surface area (Å²) in [6.45, 7) is 2.04. The van der Waals surface area contributed by atoms with Gasteiger partial charge in [-0.05, 0) is 41.3 Å². The van der Waals surface area contributed by atoms with Crippen LogP contribution in [0.2, 0.25) is 0 Å². The molecule has 4 atom stereocenters. The van der Waals surface area contributed by atoms with Gasteiger partial charge in [-0.3, -0.25) is 14.5 Å². The molecule has 0 spiro atoms. The minimum absolute atomic E-state index is 0.120. The first-order valence-electron chi connectivity index (χ1n) is 14.1. The lowest BCUT2D eigenvalue weighted by molar-refractivity contribution is -0.128. The highest BCUT2D eigenvalue weighted by Crippen LogP contribution is 2.54. The highest BCUT2D eigenvalue weighted by atomic mass is 16.5. The van der Waals surface area contributed by atoms with E-state index in [1.54, 1.807) is 44.2 Å². The zero-order valence-electron chi connectivity index (χ0n) is 23.8. The Hall–Kier alpha value is -4.91. The van der Waals surface area contributed by atoms with Crippen molar-refractivity contribution < 1.29 is 23.9 Å². The van der Waals surface area contributed by atoms with Crippen molar-refractivity contribution in [2.75, 3.05) is 20.8 Å². The maximum absolute atomic E-state index is 14.5. The van der Waals surface area contributed by atoms with Gasteiger partial charge in [0.2, 0.25) is 0 Å². The van der Waals surface area contributed by atoms with Crippen LogP contribution in [0.1, 0.15) is 40.4 Å². The van der Waals surface area contributed by atoms with Gasteiger partial charge in [-0.15, -0.1) is 0 Å². The number of nitrogens with zero attached hydrogens (tertiary/aromatic N) is 2. The Morgan fingerprint density at radius 1 is 0.714 bits per heavy atom. The molecule has 4 aromatic rings. The molecule has 3 amide bonds. The molecule has 2 saturated heterocycles. The number of rotatable bonds is 8. The predicted molar refractivity (Wildman–Crippen MR) is 160 cm³/mol. The Kier molecular flexibility index (Phi) is 7.25. The van der Waals surface area contributed by atoms with E-state index in [2.05, 4.69) is 0 Å². The number of ether oxygens (including phenoxy) is 2. The normalized spacial score (nSPS) is 21.4. The minimum Gasteiger partial charge on any atom is -0.493 e. The van der Waals surface area contributed by atoms with Gasteiger partial charge in [0.25, 0.3) is 5.91 Å². The van der Waals surface area contributed by atoms with Gasteiger partial charge in [0.15, 0.2) is 17.3 Å². The highest BCUT2D eigenvalue weighted by Gasteiger charge is 2.62. The van der Waals surface area contributed by atoms with Crippen molar-refractivity contribution in [3.63, 3.8) is 0 Å². The fourth-order valence-corrected chi connectivity index (χ4v) is 6.53. The number of urea groups is 1. The fourth-order valence-electron chi connectivity index (χ4n) is 6.53. The number of ketones is 1. The van der Waals surface area contributed by atoms with E-state index in [0.29, 0.717) is 17.1 Å². The minimum atomic E-state index is -0.841. The van der Waals surface area contributed by atoms with E-state index in [-0.39, 0.29) is 24.3 Å². The van der Waals surface area contributed by atoms with Crippen LogP contribution in [-0.2, 0) is 4.79 Å². The average Bonchev–Trinajstić information content (AvgIpc) is 3.52. The number of carbonyl (C=O) groups is 3. The third kappa shape index (κ3) is 4.42. The smallest absolute Gasteiger partial charge is 0.327 e. The number of Topliss-reactive ketones (excluding diaryl/α,β-unsaturated/α-hetero) is 1. The quantitative estimate of drug-likeness (QED) is 0.185. The predicted octanol–water partition coefficient (Wildman–Crippen LogP) is 6.36. The van der Waals surface area contributed by atoms with Crippen LogP contribution in [-0.4, -0.2) is 54.3 Å². The summed E-state index contributed by atoms with van der Waals surface area (Å²) in [5.41, 5.74) is 4.16. The number of hydrogen-bond acceptors (Lipinski definition) is 5. The van der Waals surface area contributed by atoms with E-state index < -0.39 is 23.9 Å². The van der Waals surface area contributed by atoms with Gasteiger partial charge >= 0.3 is 6.03 Å². The molecule has 7 heteroatoms. The Balaban J connectivity index is 1.54. The Morgan fingerprint density at radius 3 is 1.93 bits per heavy atom. The van der Waals surface area contributed by atoms with Gasteiger partial charge in [-0.1, -0.05) is 91.0 Å². The molecule has 212 valence electrons. The molecule has 2 aliphatic heterocycles. The zero-order valence-corrected chi connectivity index (χ0v) is 23.8. The number of likely N-dealkylation sites (N-methyl/N-ethyl adjacent to an activating group) is 1. The summed E-state index contributed by atoms with van der Waals surface area (Å²) < 4.78 is 11.1. The molecular formula is C35H32N2O5. The first kappa shape index (κ1) is 27.3. The van der Waals surface area contributed by atoms with Crippen molar-refractivity contribution in [1.29, 1.82) is 0 Å². The third-order valence-corrected chi connectivity index (χ3v) is 8.47. The molecule has 0 aliphatic carbocycles. The summed E-state index contributed by atoms with van der Waals surface area (Å²) in [5.74, 6) is -0.706. The molecule has 42 heavy (non-hydrogen) atoms. The number of hydrogen-bond donors (Lipinski definition) is 0. The molecule has 4 unspecified atom stereocenters. The summed E-state index contributed by atoms with van der Waals surface area (Å²) >= 11 is 0. The SMILES string of the molecule is CCN1C(=O)C2C(c3ccc(OC)c(OC)c3)C(C(=O)c3ccccc3)C(c3ccc(-c4ccccc4)cc3)N2C1=O. The van der Waals surface area contributed by atoms with Crippen molar-refractivity contribution in [3.8, 4) is 22.6 Å². The van der Waals surface area contributed by atoms with Gasteiger partial charge in [-0.25, -0.2) is 4.79 Å². The standard InChI is InChI=1S/C35H32N2O5/c1-4-36-34(39)32-29(26-19-20-27(41-2)28(21-26)42-3)30(33(38)25-13-9-6-10-14-25)31(37(32)35(36)40)24-17-15-23(16-18-24)22-11-7-5-8-12-22/h5-21,29-32H,4H2,1-3H3. The molecule has 2 heterocycles. The van der Waals surface area contributed by atoms with Crippen LogP contribution in [0.25, 0.3) is 11.1 Å². The summed E-state index contributed by atoms with van der Waals surface area (Å²) in [6.07, 6.45) is 0. The summed E-state index contributed by atoms with van der Waals surface area (Å²) in [4.78, 5) is 45.2. The molecule has 2 aliphatic rings. The highest BCUT2D eigenvalue weighted by molar-refractivity contribution is 6.08. The van der Waals surface area contributed by atoms with Crippen LogP contribution in [0.15, 0.2) is 103 Å². The first-order valence-corrected chi connectivity index (χ1v) is 14.1. The molecule has 0 bridgehead atoms. The van der Waals surface area contributed by atoms with Crippen molar-refractivity contribution in [1.82, 2.24) is 9.80 Å². The Bertz CT molecular complexity index is 1620. The van der Waals surface area contributed by atoms with Crippen LogP contribution < -0.4 is 9.47 Å². The molecule has 0 aromatic heterocycles. The van der Waals surface area contributed by atoms with E-state index in [1.807, 2.05) is 84.9 Å². The largest absolute Gasteiger partial charge is 0.493 e. The van der Waals surface area contributed by atoms with E-state index in [9.17, 15) is 14.4 Å². The first-order chi connectivity index (χ1) is 20.5. The summed E-state index contributed by atoms with van der Waals surface area (Å²) in [7, 11) is 3.11. The summed E-state index contributed by atoms with van der Waals surface area (Å²) in [5, 5.41) is 0. The lowest BCUT2D eigenvalue weighted by atomic mass is 9.75. The van der Waals surface area contributed by atoms with E-state index in [0.717, 1.165) is 22.3 Å². The fraction of sp³-hybridized carbons (Fsp3) is 0.229.